The normalized spacial score (nSPS) is 21.3. The lowest BCUT2D eigenvalue weighted by Crippen LogP contribution is -2.16. The van der Waals surface area contributed by atoms with Gasteiger partial charge in [0.05, 0.1) is 6.61 Å². The first-order valence-corrected chi connectivity index (χ1v) is 13.9. The lowest BCUT2D eigenvalue weighted by molar-refractivity contribution is 0.314. The molecule has 0 heterocycles. The molecule has 212 valence electrons. The number of aryl methyl sites for hydroxylation is 1. The van der Waals surface area contributed by atoms with Gasteiger partial charge in [-0.3, -0.25) is 0 Å². The first kappa shape index (κ1) is 28.3. The molecule has 40 heavy (non-hydrogen) atoms. The van der Waals surface area contributed by atoms with E-state index in [1.54, 1.807) is 37.3 Å². The fourth-order valence-electron chi connectivity index (χ4n) is 6.31. The minimum Gasteiger partial charge on any atom is -0.491 e. The summed E-state index contributed by atoms with van der Waals surface area (Å²) < 4.78 is 93.3. The molecule has 5 rings (SSSR count). The van der Waals surface area contributed by atoms with Crippen LogP contribution in [-0.4, -0.2) is 6.61 Å². The molecular weight excluding hydrogens is 526 g/mol. The van der Waals surface area contributed by atoms with Crippen molar-refractivity contribution in [2.75, 3.05) is 6.61 Å². The van der Waals surface area contributed by atoms with Crippen molar-refractivity contribution in [3.05, 3.63) is 105 Å². The van der Waals surface area contributed by atoms with Crippen LogP contribution in [0.25, 0.3) is 5.57 Å². The van der Waals surface area contributed by atoms with E-state index in [-0.39, 0.29) is 46.8 Å². The first-order chi connectivity index (χ1) is 19.2. The van der Waals surface area contributed by atoms with Crippen molar-refractivity contribution in [2.24, 2.45) is 0 Å². The Labute approximate surface area is 230 Å². The lowest BCUT2D eigenvalue weighted by atomic mass is 9.75. The number of allylic oxidation sites excluding steroid dienone is 2. The number of rotatable bonds is 6. The third-order valence-corrected chi connectivity index (χ3v) is 8.60. The second-order valence-corrected chi connectivity index (χ2v) is 10.9. The van der Waals surface area contributed by atoms with Crippen LogP contribution in [-0.2, 0) is 0 Å². The maximum atomic E-state index is 15.3. The molecule has 1 atom stereocenters. The highest BCUT2D eigenvalue weighted by molar-refractivity contribution is 5.68. The predicted octanol–water partition coefficient (Wildman–Crippen LogP) is 10.0. The number of halogens is 6. The molecule has 1 saturated carbocycles. The Bertz CT molecular complexity index is 1440. The zero-order chi connectivity index (χ0) is 28.6. The van der Waals surface area contributed by atoms with Gasteiger partial charge in [0.1, 0.15) is 0 Å². The summed E-state index contributed by atoms with van der Waals surface area (Å²) in [5, 5.41) is 0. The van der Waals surface area contributed by atoms with Crippen LogP contribution in [0.3, 0.4) is 0 Å². The van der Waals surface area contributed by atoms with Crippen LogP contribution in [0.5, 0.6) is 5.75 Å². The molecule has 0 aliphatic heterocycles. The maximum Gasteiger partial charge on any atom is 0.201 e. The summed E-state index contributed by atoms with van der Waals surface area (Å²) in [6, 6.07) is 9.37. The van der Waals surface area contributed by atoms with Gasteiger partial charge in [0.15, 0.2) is 34.8 Å². The van der Waals surface area contributed by atoms with E-state index >= 15 is 8.78 Å². The molecule has 0 saturated heterocycles. The zero-order valence-electron chi connectivity index (χ0n) is 22.6. The van der Waals surface area contributed by atoms with Crippen molar-refractivity contribution in [3.8, 4) is 5.75 Å². The average molecular weight is 559 g/mol. The van der Waals surface area contributed by atoms with Gasteiger partial charge >= 0.3 is 0 Å². The summed E-state index contributed by atoms with van der Waals surface area (Å²) >= 11 is 0. The third kappa shape index (κ3) is 5.27. The summed E-state index contributed by atoms with van der Waals surface area (Å²) in [7, 11) is 0. The average Bonchev–Trinajstić information content (AvgIpc) is 2.96. The van der Waals surface area contributed by atoms with Gasteiger partial charge < -0.3 is 4.74 Å². The summed E-state index contributed by atoms with van der Waals surface area (Å²) in [4.78, 5) is 0. The topological polar surface area (TPSA) is 9.23 Å². The standard InChI is InChI=1S/C33H32F6O/c1-3-40-27-17-16-26(32(38)33(27)39)22-11-9-21(10-12-22)25-15-14-24(30(36)31(25)37)20-7-5-19(6-8-20)23-13-4-18(2)28(34)29(23)35/h4,11,13-17,19-21H,3,5-10,12H2,1-2H3. The molecule has 0 radical (unpaired) electrons. The van der Waals surface area contributed by atoms with E-state index in [1.807, 2.05) is 0 Å². The quantitative estimate of drug-likeness (QED) is 0.274. The van der Waals surface area contributed by atoms with E-state index in [9.17, 15) is 17.6 Å². The molecule has 7 heteroatoms. The largest absolute Gasteiger partial charge is 0.491 e. The molecule has 3 aromatic rings. The predicted molar refractivity (Wildman–Crippen MR) is 143 cm³/mol. The molecule has 0 bridgehead atoms. The molecule has 1 nitrogen and oxygen atoms in total. The van der Waals surface area contributed by atoms with E-state index in [0.29, 0.717) is 61.6 Å². The first-order valence-electron chi connectivity index (χ1n) is 13.9. The number of ether oxygens (including phenoxy) is 1. The second-order valence-electron chi connectivity index (χ2n) is 10.9. The Morgan fingerprint density at radius 2 is 1.18 bits per heavy atom. The van der Waals surface area contributed by atoms with Crippen LogP contribution < -0.4 is 4.74 Å². The van der Waals surface area contributed by atoms with Gasteiger partial charge in [-0.15, -0.1) is 0 Å². The minimum atomic E-state index is -1.03. The Hall–Kier alpha value is -3.22. The number of hydrogen-bond donors (Lipinski definition) is 0. The smallest absolute Gasteiger partial charge is 0.201 e. The van der Waals surface area contributed by atoms with Crippen molar-refractivity contribution >= 4 is 5.57 Å². The molecule has 0 amide bonds. The minimum absolute atomic E-state index is 0.139. The van der Waals surface area contributed by atoms with E-state index in [2.05, 4.69) is 0 Å². The molecule has 1 fully saturated rings. The summed E-state index contributed by atoms with van der Waals surface area (Å²) in [6.45, 7) is 3.43. The molecule has 1 unspecified atom stereocenters. The van der Waals surface area contributed by atoms with Gasteiger partial charge in [-0.1, -0.05) is 30.3 Å². The molecule has 0 aromatic heterocycles. The van der Waals surface area contributed by atoms with Gasteiger partial charge in [-0.2, -0.15) is 4.39 Å². The molecule has 2 aliphatic carbocycles. The fourth-order valence-corrected chi connectivity index (χ4v) is 6.31. The van der Waals surface area contributed by atoms with Crippen molar-refractivity contribution in [2.45, 2.75) is 76.5 Å². The highest BCUT2D eigenvalue weighted by Crippen LogP contribution is 2.44. The third-order valence-electron chi connectivity index (χ3n) is 8.60. The molecule has 0 spiro atoms. The van der Waals surface area contributed by atoms with Gasteiger partial charge in [0.2, 0.25) is 5.82 Å². The van der Waals surface area contributed by atoms with E-state index < -0.39 is 34.9 Å². The molecule has 0 N–H and O–H groups in total. The van der Waals surface area contributed by atoms with Crippen LogP contribution in [0.2, 0.25) is 0 Å². The van der Waals surface area contributed by atoms with Gasteiger partial charge in [0, 0.05) is 5.56 Å². The highest BCUT2D eigenvalue weighted by Gasteiger charge is 2.31. The van der Waals surface area contributed by atoms with Crippen LogP contribution in [0.15, 0.2) is 42.5 Å². The van der Waals surface area contributed by atoms with Crippen LogP contribution >= 0.6 is 0 Å². The lowest BCUT2D eigenvalue weighted by Gasteiger charge is -2.30. The fraction of sp³-hybridized carbons (Fsp3) is 0.394. The number of hydrogen-bond acceptors (Lipinski definition) is 1. The highest BCUT2D eigenvalue weighted by atomic mass is 19.2. The molecule has 2 aliphatic rings. The van der Waals surface area contributed by atoms with Gasteiger partial charge in [0.25, 0.3) is 0 Å². The Balaban J connectivity index is 1.28. The SMILES string of the molecule is CCOc1ccc(C2=CCC(c3ccc(C4CCC(c5ccc(C)c(F)c5F)CC4)c(F)c3F)CC2)c(F)c1F. The van der Waals surface area contributed by atoms with Crippen LogP contribution in [0, 0.1) is 41.8 Å². The van der Waals surface area contributed by atoms with Crippen molar-refractivity contribution in [1.29, 1.82) is 0 Å². The summed E-state index contributed by atoms with van der Waals surface area (Å²) in [5.41, 5.74) is 1.99. The molecular formula is C33H32F6O. The van der Waals surface area contributed by atoms with Crippen molar-refractivity contribution < 1.29 is 31.1 Å². The summed E-state index contributed by atoms with van der Waals surface area (Å²) in [6.07, 6.45) is 5.24. The zero-order valence-corrected chi connectivity index (χ0v) is 22.6. The van der Waals surface area contributed by atoms with E-state index in [4.69, 9.17) is 4.74 Å². The van der Waals surface area contributed by atoms with Gasteiger partial charge in [-0.25, -0.2) is 22.0 Å². The van der Waals surface area contributed by atoms with E-state index in [0.717, 1.165) is 0 Å². The van der Waals surface area contributed by atoms with Crippen LogP contribution in [0.4, 0.5) is 26.3 Å². The van der Waals surface area contributed by atoms with Crippen LogP contribution in [0.1, 0.15) is 97.4 Å². The van der Waals surface area contributed by atoms with E-state index in [1.165, 1.54) is 19.1 Å². The monoisotopic (exact) mass is 558 g/mol. The second kappa shape index (κ2) is 11.7. The van der Waals surface area contributed by atoms with Crippen molar-refractivity contribution in [3.63, 3.8) is 0 Å². The molecule has 3 aromatic carbocycles. The Morgan fingerprint density at radius 1 is 0.625 bits per heavy atom. The Kier molecular flexibility index (Phi) is 8.29. The Morgan fingerprint density at radius 3 is 1.73 bits per heavy atom. The summed E-state index contributed by atoms with van der Waals surface area (Å²) in [5.74, 6) is -6.15. The maximum absolute atomic E-state index is 15.3. The van der Waals surface area contributed by atoms with Crippen molar-refractivity contribution in [1.82, 2.24) is 0 Å². The number of benzene rings is 3. The van der Waals surface area contributed by atoms with Gasteiger partial charge in [-0.05, 0) is 117 Å².